The van der Waals surface area contributed by atoms with Gasteiger partial charge in [-0.1, -0.05) is 54.2 Å². The second-order valence-electron chi connectivity index (χ2n) is 5.82. The minimum Gasteiger partial charge on any atom is -0.471 e. The molecular formula is C21H17NO3S. The molecule has 0 aliphatic carbocycles. The summed E-state index contributed by atoms with van der Waals surface area (Å²) in [6, 6.07) is 22.2. The van der Waals surface area contributed by atoms with E-state index < -0.39 is 5.97 Å². The van der Waals surface area contributed by atoms with Gasteiger partial charge in [0, 0.05) is 11.0 Å². The number of fused-ring (bicyclic) bond motifs is 2. The molecule has 0 saturated heterocycles. The SMILES string of the molecule is COC(=O)/C=C1\Nc2ccccc2OC1Sc1ccc2ccccc2c1. The monoisotopic (exact) mass is 363 g/mol. The number of anilines is 1. The molecule has 1 atom stereocenters. The van der Waals surface area contributed by atoms with Gasteiger partial charge in [-0.25, -0.2) is 4.79 Å². The van der Waals surface area contributed by atoms with Crippen molar-refractivity contribution in [3.05, 3.63) is 78.5 Å². The molecule has 1 aliphatic heterocycles. The Morgan fingerprint density at radius 1 is 1.08 bits per heavy atom. The Morgan fingerprint density at radius 2 is 1.85 bits per heavy atom. The summed E-state index contributed by atoms with van der Waals surface area (Å²) in [5.41, 5.74) is 1.12. The van der Waals surface area contributed by atoms with E-state index >= 15 is 0 Å². The molecule has 0 radical (unpaired) electrons. The molecule has 26 heavy (non-hydrogen) atoms. The number of thioether (sulfide) groups is 1. The molecule has 0 aromatic heterocycles. The van der Waals surface area contributed by atoms with Crippen molar-refractivity contribution in [3.8, 4) is 5.75 Å². The molecule has 1 aliphatic rings. The van der Waals surface area contributed by atoms with E-state index in [1.165, 1.54) is 24.0 Å². The fraction of sp³-hybridized carbons (Fsp3) is 0.0952. The highest BCUT2D eigenvalue weighted by Crippen LogP contribution is 2.39. The molecule has 3 aromatic rings. The van der Waals surface area contributed by atoms with Crippen LogP contribution >= 0.6 is 11.8 Å². The van der Waals surface area contributed by atoms with Crippen LogP contribution in [0.4, 0.5) is 5.69 Å². The smallest absolute Gasteiger partial charge is 0.332 e. The molecule has 0 amide bonds. The quantitative estimate of drug-likeness (QED) is 0.534. The number of hydrogen-bond donors (Lipinski definition) is 1. The third-order valence-corrected chi connectivity index (χ3v) is 5.18. The largest absolute Gasteiger partial charge is 0.471 e. The highest BCUT2D eigenvalue weighted by molar-refractivity contribution is 8.00. The summed E-state index contributed by atoms with van der Waals surface area (Å²) in [6.07, 6.45) is 1.44. The summed E-state index contributed by atoms with van der Waals surface area (Å²) < 4.78 is 10.9. The lowest BCUT2D eigenvalue weighted by molar-refractivity contribution is -0.134. The average molecular weight is 363 g/mol. The van der Waals surface area contributed by atoms with Crippen molar-refractivity contribution in [1.82, 2.24) is 0 Å². The second kappa shape index (κ2) is 7.14. The highest BCUT2D eigenvalue weighted by atomic mass is 32.2. The zero-order valence-corrected chi connectivity index (χ0v) is 15.0. The van der Waals surface area contributed by atoms with Crippen LogP contribution in [0.25, 0.3) is 10.8 Å². The first-order valence-corrected chi connectivity index (χ1v) is 9.08. The van der Waals surface area contributed by atoms with Gasteiger partial charge in [0.25, 0.3) is 0 Å². The lowest BCUT2D eigenvalue weighted by Crippen LogP contribution is -2.26. The van der Waals surface area contributed by atoms with Gasteiger partial charge in [0.2, 0.25) is 0 Å². The Bertz CT molecular complexity index is 999. The van der Waals surface area contributed by atoms with E-state index in [0.29, 0.717) is 5.70 Å². The lowest BCUT2D eigenvalue weighted by Gasteiger charge is -2.29. The fourth-order valence-corrected chi connectivity index (χ4v) is 3.80. The first-order chi connectivity index (χ1) is 12.7. The predicted molar refractivity (Wildman–Crippen MR) is 104 cm³/mol. The number of rotatable bonds is 3. The maximum absolute atomic E-state index is 11.8. The molecule has 130 valence electrons. The van der Waals surface area contributed by atoms with Crippen LogP contribution in [0.1, 0.15) is 0 Å². The van der Waals surface area contributed by atoms with Crippen LogP contribution in [0.15, 0.2) is 83.4 Å². The molecule has 1 N–H and O–H groups in total. The molecule has 0 saturated carbocycles. The van der Waals surface area contributed by atoms with Gasteiger partial charge >= 0.3 is 5.97 Å². The van der Waals surface area contributed by atoms with Gasteiger partial charge < -0.3 is 14.8 Å². The maximum atomic E-state index is 11.8. The number of para-hydroxylation sites is 2. The number of carbonyl (C=O) groups is 1. The van der Waals surface area contributed by atoms with Crippen molar-refractivity contribution >= 4 is 34.2 Å². The van der Waals surface area contributed by atoms with E-state index in [2.05, 4.69) is 35.6 Å². The molecule has 1 unspecified atom stereocenters. The highest BCUT2D eigenvalue weighted by Gasteiger charge is 2.26. The van der Waals surface area contributed by atoms with Crippen molar-refractivity contribution in [2.45, 2.75) is 10.3 Å². The van der Waals surface area contributed by atoms with Crippen LogP contribution in [0.3, 0.4) is 0 Å². The molecule has 0 fully saturated rings. The van der Waals surface area contributed by atoms with Crippen LogP contribution in [0.5, 0.6) is 5.75 Å². The van der Waals surface area contributed by atoms with Crippen LogP contribution in [0, 0.1) is 0 Å². The average Bonchev–Trinajstić information content (AvgIpc) is 2.68. The van der Waals surface area contributed by atoms with Crippen molar-refractivity contribution in [2.24, 2.45) is 0 Å². The third-order valence-electron chi connectivity index (χ3n) is 4.09. The molecule has 5 heteroatoms. The van der Waals surface area contributed by atoms with E-state index in [9.17, 15) is 4.79 Å². The van der Waals surface area contributed by atoms with E-state index in [4.69, 9.17) is 9.47 Å². The van der Waals surface area contributed by atoms with Crippen molar-refractivity contribution in [2.75, 3.05) is 12.4 Å². The fourth-order valence-electron chi connectivity index (χ4n) is 2.81. The maximum Gasteiger partial charge on any atom is 0.332 e. The van der Waals surface area contributed by atoms with Gasteiger partial charge in [-0.2, -0.15) is 0 Å². The number of methoxy groups -OCH3 is 1. The standard InChI is InChI=1S/C21H17NO3S/c1-24-20(23)13-18-21(25-19-9-5-4-8-17(19)22-18)26-16-11-10-14-6-2-3-7-15(14)12-16/h2-13,21-22H,1H3/b18-13-. The Balaban J connectivity index is 1.67. The van der Waals surface area contributed by atoms with Crippen LogP contribution in [-0.4, -0.2) is 18.5 Å². The van der Waals surface area contributed by atoms with Gasteiger partial charge in [0.1, 0.15) is 5.75 Å². The Hall–Kier alpha value is -2.92. The molecule has 3 aromatic carbocycles. The molecule has 4 nitrogen and oxygen atoms in total. The third kappa shape index (κ3) is 3.39. The zero-order valence-electron chi connectivity index (χ0n) is 14.1. The summed E-state index contributed by atoms with van der Waals surface area (Å²) in [5, 5.41) is 5.64. The Morgan fingerprint density at radius 3 is 2.69 bits per heavy atom. The Labute approximate surface area is 155 Å². The number of benzene rings is 3. The molecular weight excluding hydrogens is 346 g/mol. The van der Waals surface area contributed by atoms with Gasteiger partial charge in [-0.05, 0) is 35.0 Å². The normalized spacial score (nSPS) is 17.3. The van der Waals surface area contributed by atoms with Crippen molar-refractivity contribution < 1.29 is 14.3 Å². The van der Waals surface area contributed by atoms with E-state index in [1.807, 2.05) is 36.4 Å². The van der Waals surface area contributed by atoms with E-state index in [1.54, 1.807) is 11.8 Å². The number of nitrogens with one attached hydrogen (secondary N) is 1. The number of ether oxygens (including phenoxy) is 2. The van der Waals surface area contributed by atoms with Gasteiger partial charge in [0.15, 0.2) is 5.44 Å². The van der Waals surface area contributed by atoms with Gasteiger partial charge in [0.05, 0.1) is 18.5 Å². The summed E-state index contributed by atoms with van der Waals surface area (Å²) in [5.74, 6) is 0.340. The Kier molecular flexibility index (Phi) is 4.54. The van der Waals surface area contributed by atoms with Crippen LogP contribution in [0.2, 0.25) is 0 Å². The summed E-state index contributed by atoms with van der Waals surface area (Å²) in [4.78, 5) is 12.8. The minimum atomic E-state index is -0.417. The molecule has 0 bridgehead atoms. The molecule has 1 heterocycles. The summed E-state index contributed by atoms with van der Waals surface area (Å²) >= 11 is 1.54. The predicted octanol–water partition coefficient (Wildman–Crippen LogP) is 4.82. The number of carbonyl (C=O) groups excluding carboxylic acids is 1. The first kappa shape index (κ1) is 16.5. The first-order valence-electron chi connectivity index (χ1n) is 8.20. The van der Waals surface area contributed by atoms with Crippen molar-refractivity contribution in [1.29, 1.82) is 0 Å². The lowest BCUT2D eigenvalue weighted by atomic mass is 10.1. The van der Waals surface area contributed by atoms with Crippen LogP contribution < -0.4 is 10.1 Å². The summed E-state index contributed by atoms with van der Waals surface area (Å²) in [6.45, 7) is 0. The molecule has 0 spiro atoms. The van der Waals surface area contributed by atoms with Crippen LogP contribution in [-0.2, 0) is 9.53 Å². The number of hydrogen-bond acceptors (Lipinski definition) is 5. The molecule has 4 rings (SSSR count). The summed E-state index contributed by atoms with van der Waals surface area (Å²) in [7, 11) is 1.36. The minimum absolute atomic E-state index is 0.370. The van der Waals surface area contributed by atoms with Crippen molar-refractivity contribution in [3.63, 3.8) is 0 Å². The van der Waals surface area contributed by atoms with E-state index in [0.717, 1.165) is 16.3 Å². The zero-order chi connectivity index (χ0) is 17.9. The topological polar surface area (TPSA) is 47.6 Å². The van der Waals surface area contributed by atoms with Gasteiger partial charge in [-0.3, -0.25) is 0 Å². The van der Waals surface area contributed by atoms with Gasteiger partial charge in [-0.15, -0.1) is 0 Å². The van der Waals surface area contributed by atoms with E-state index in [-0.39, 0.29) is 5.44 Å². The number of esters is 1. The second-order valence-corrected chi connectivity index (χ2v) is 6.96.